The Balaban J connectivity index is 2.52. The molecule has 12 heavy (non-hydrogen) atoms. The van der Waals surface area contributed by atoms with Crippen LogP contribution in [0.2, 0.25) is 0 Å². The first kappa shape index (κ1) is 8.51. The van der Waals surface area contributed by atoms with Crippen LogP contribution in [0.15, 0.2) is 0 Å². The zero-order chi connectivity index (χ0) is 8.97. The van der Waals surface area contributed by atoms with Crippen molar-refractivity contribution >= 4 is 6.16 Å². The minimum absolute atomic E-state index is 0.147. The van der Waals surface area contributed by atoms with Gasteiger partial charge in [0.25, 0.3) is 5.88 Å². The lowest BCUT2D eigenvalue weighted by Crippen LogP contribution is -2.10. The highest BCUT2D eigenvalue weighted by molar-refractivity contribution is 5.63. The van der Waals surface area contributed by atoms with Crippen molar-refractivity contribution in [1.29, 1.82) is 0 Å². The van der Waals surface area contributed by atoms with Crippen molar-refractivity contribution in [2.75, 3.05) is 6.61 Å². The summed E-state index contributed by atoms with van der Waals surface area (Å²) in [4.78, 5) is 10.7. The first-order valence-electron chi connectivity index (χ1n) is 3.46. The molecule has 0 amide bonds. The highest BCUT2D eigenvalue weighted by Crippen LogP contribution is 2.08. The van der Waals surface area contributed by atoms with Gasteiger partial charge in [0, 0.05) is 0 Å². The molecule has 0 saturated heterocycles. The van der Waals surface area contributed by atoms with Gasteiger partial charge in [0.1, 0.15) is 5.69 Å². The number of hydrogen-bond acceptors (Lipinski definition) is 5. The van der Waals surface area contributed by atoms with E-state index in [0.29, 0.717) is 5.69 Å². The molecule has 0 fully saturated rings. The number of nitrogens with zero attached hydrogens (tertiary/aromatic N) is 2. The molecule has 1 aromatic heterocycles. The minimum atomic E-state index is -0.769. The van der Waals surface area contributed by atoms with Crippen LogP contribution >= 0.6 is 0 Å². The van der Waals surface area contributed by atoms with E-state index < -0.39 is 6.16 Å². The third-order valence-corrected chi connectivity index (χ3v) is 1.12. The van der Waals surface area contributed by atoms with Crippen LogP contribution in [0.5, 0.6) is 5.88 Å². The van der Waals surface area contributed by atoms with Crippen molar-refractivity contribution in [1.82, 2.24) is 15.4 Å². The van der Waals surface area contributed by atoms with Gasteiger partial charge in [-0.15, -0.1) is 5.10 Å². The van der Waals surface area contributed by atoms with Crippen LogP contribution in [-0.2, 0) is 4.74 Å². The molecule has 1 rings (SSSR count). The summed E-state index contributed by atoms with van der Waals surface area (Å²) in [6.45, 7) is 3.63. The summed E-state index contributed by atoms with van der Waals surface area (Å²) >= 11 is 0. The minimum Gasteiger partial charge on any atom is -0.434 e. The van der Waals surface area contributed by atoms with E-state index in [1.165, 1.54) is 0 Å². The van der Waals surface area contributed by atoms with E-state index >= 15 is 0 Å². The van der Waals surface area contributed by atoms with Gasteiger partial charge in [-0.05, 0) is 13.8 Å². The standard InChI is InChI=1S/C6H9N3O3/c1-3-11-6(10)12-5-4(2)7-9-8-5/h3H2,1-2H3,(H,7,8,9). The number of aromatic nitrogens is 3. The summed E-state index contributed by atoms with van der Waals surface area (Å²) in [6, 6.07) is 0. The average molecular weight is 171 g/mol. The van der Waals surface area contributed by atoms with Gasteiger partial charge in [-0.25, -0.2) is 4.79 Å². The number of nitrogens with one attached hydrogen (secondary N) is 1. The van der Waals surface area contributed by atoms with Crippen LogP contribution in [0.1, 0.15) is 12.6 Å². The average Bonchev–Trinajstić information content (AvgIpc) is 2.37. The van der Waals surface area contributed by atoms with Gasteiger partial charge in [-0.1, -0.05) is 0 Å². The Morgan fingerprint density at radius 1 is 1.58 bits per heavy atom. The van der Waals surface area contributed by atoms with E-state index in [1.54, 1.807) is 13.8 Å². The SMILES string of the molecule is CCOC(=O)Oc1n[nH]nc1C. The number of rotatable bonds is 2. The van der Waals surface area contributed by atoms with Gasteiger partial charge in [0.2, 0.25) is 0 Å². The fourth-order valence-electron chi connectivity index (χ4n) is 0.597. The van der Waals surface area contributed by atoms with E-state index in [4.69, 9.17) is 0 Å². The fraction of sp³-hybridized carbons (Fsp3) is 0.500. The first-order valence-corrected chi connectivity index (χ1v) is 3.46. The molecular weight excluding hydrogens is 162 g/mol. The van der Waals surface area contributed by atoms with Gasteiger partial charge in [-0.2, -0.15) is 10.3 Å². The van der Waals surface area contributed by atoms with Crippen molar-refractivity contribution < 1.29 is 14.3 Å². The second kappa shape index (κ2) is 3.70. The molecule has 6 nitrogen and oxygen atoms in total. The lowest BCUT2D eigenvalue weighted by molar-refractivity contribution is 0.102. The maximum Gasteiger partial charge on any atom is 0.515 e. The number of aryl methyl sites for hydroxylation is 1. The Labute approximate surface area is 68.9 Å². The van der Waals surface area contributed by atoms with Crippen molar-refractivity contribution in [3.63, 3.8) is 0 Å². The molecule has 0 bridgehead atoms. The van der Waals surface area contributed by atoms with Crippen LogP contribution in [0.25, 0.3) is 0 Å². The van der Waals surface area contributed by atoms with E-state index in [1.807, 2.05) is 0 Å². The number of H-pyrrole nitrogens is 1. The zero-order valence-electron chi connectivity index (χ0n) is 6.83. The van der Waals surface area contributed by atoms with Gasteiger partial charge in [0.15, 0.2) is 0 Å². The van der Waals surface area contributed by atoms with Crippen LogP contribution in [0.3, 0.4) is 0 Å². The molecule has 0 spiro atoms. The van der Waals surface area contributed by atoms with Gasteiger partial charge in [0.05, 0.1) is 6.61 Å². The topological polar surface area (TPSA) is 77.1 Å². The van der Waals surface area contributed by atoms with Gasteiger partial charge < -0.3 is 9.47 Å². The number of carbonyl (C=O) groups is 1. The molecule has 1 heterocycles. The number of carbonyl (C=O) groups excluding carboxylic acids is 1. The third-order valence-electron chi connectivity index (χ3n) is 1.12. The van der Waals surface area contributed by atoms with E-state index in [0.717, 1.165) is 0 Å². The van der Waals surface area contributed by atoms with Crippen LogP contribution in [-0.4, -0.2) is 28.2 Å². The molecule has 0 radical (unpaired) electrons. The second-order valence-corrected chi connectivity index (χ2v) is 2.00. The highest BCUT2D eigenvalue weighted by Gasteiger charge is 2.10. The highest BCUT2D eigenvalue weighted by atomic mass is 16.7. The molecule has 66 valence electrons. The molecule has 0 aliphatic rings. The number of aromatic amines is 1. The molecule has 0 atom stereocenters. The molecule has 6 heteroatoms. The van der Waals surface area contributed by atoms with Crippen molar-refractivity contribution in [3.05, 3.63) is 5.69 Å². The van der Waals surface area contributed by atoms with E-state index in [2.05, 4.69) is 24.9 Å². The third kappa shape index (κ3) is 1.94. The fourth-order valence-corrected chi connectivity index (χ4v) is 0.597. The first-order chi connectivity index (χ1) is 5.74. The summed E-state index contributed by atoms with van der Waals surface area (Å²) < 4.78 is 9.19. The molecule has 0 aliphatic carbocycles. The Morgan fingerprint density at radius 2 is 2.33 bits per heavy atom. The normalized spacial score (nSPS) is 9.50. The summed E-state index contributed by atoms with van der Waals surface area (Å²) in [5.74, 6) is 0.147. The zero-order valence-corrected chi connectivity index (χ0v) is 6.83. The predicted octanol–water partition coefficient (Wildman–Crippen LogP) is 0.648. The monoisotopic (exact) mass is 171 g/mol. The van der Waals surface area contributed by atoms with Crippen LogP contribution in [0.4, 0.5) is 4.79 Å². The van der Waals surface area contributed by atoms with Gasteiger partial charge in [-0.3, -0.25) is 0 Å². The quantitative estimate of drug-likeness (QED) is 0.661. The summed E-state index contributed by atoms with van der Waals surface area (Å²) in [6.07, 6.45) is -0.769. The maximum atomic E-state index is 10.7. The van der Waals surface area contributed by atoms with E-state index in [-0.39, 0.29) is 12.5 Å². The predicted molar refractivity (Wildman–Crippen MR) is 38.8 cm³/mol. The van der Waals surface area contributed by atoms with Crippen LogP contribution < -0.4 is 4.74 Å². The Hall–Kier alpha value is -1.59. The summed E-state index contributed by atoms with van der Waals surface area (Å²) in [7, 11) is 0. The van der Waals surface area contributed by atoms with Crippen molar-refractivity contribution in [3.8, 4) is 5.88 Å². The molecule has 0 aromatic carbocycles. The van der Waals surface area contributed by atoms with Gasteiger partial charge >= 0.3 is 6.16 Å². The van der Waals surface area contributed by atoms with E-state index in [9.17, 15) is 4.79 Å². The Kier molecular flexibility index (Phi) is 2.62. The van der Waals surface area contributed by atoms with Crippen LogP contribution in [0, 0.1) is 6.92 Å². The number of hydrogen-bond donors (Lipinski definition) is 1. The maximum absolute atomic E-state index is 10.7. The summed E-state index contributed by atoms with van der Waals surface area (Å²) in [5, 5.41) is 9.55. The summed E-state index contributed by atoms with van der Waals surface area (Å²) in [5.41, 5.74) is 0.517. The molecule has 1 N–H and O–H groups in total. The van der Waals surface area contributed by atoms with Crippen molar-refractivity contribution in [2.24, 2.45) is 0 Å². The molecular formula is C6H9N3O3. The lowest BCUT2D eigenvalue weighted by Gasteiger charge is -1.99. The van der Waals surface area contributed by atoms with Crippen molar-refractivity contribution in [2.45, 2.75) is 13.8 Å². The lowest BCUT2D eigenvalue weighted by atomic mass is 10.5. The largest absolute Gasteiger partial charge is 0.515 e. The Morgan fingerprint density at radius 3 is 2.83 bits per heavy atom. The molecule has 0 aliphatic heterocycles. The second-order valence-electron chi connectivity index (χ2n) is 2.00. The molecule has 0 saturated carbocycles. The molecule has 1 aromatic rings. The molecule has 0 unspecified atom stereocenters. The Bertz CT molecular complexity index is 271. The smallest absolute Gasteiger partial charge is 0.434 e. The number of ether oxygens (including phenoxy) is 2.